The number of allylic oxidation sites excluding steroid dienone is 1. The van der Waals surface area contributed by atoms with Crippen molar-refractivity contribution in [3.8, 4) is 0 Å². The lowest BCUT2D eigenvalue weighted by Gasteiger charge is -2.03. The number of benzene rings is 1. The first-order valence-electron chi connectivity index (χ1n) is 4.60. The van der Waals surface area contributed by atoms with Crippen molar-refractivity contribution in [1.82, 2.24) is 0 Å². The van der Waals surface area contributed by atoms with E-state index >= 15 is 0 Å². The zero-order chi connectivity index (χ0) is 11.3. The summed E-state index contributed by atoms with van der Waals surface area (Å²) in [6.45, 7) is 1.81. The van der Waals surface area contributed by atoms with Crippen LogP contribution >= 0.6 is 11.6 Å². The lowest BCUT2D eigenvalue weighted by atomic mass is 10.3. The zero-order valence-corrected chi connectivity index (χ0v) is 10.1. The number of hydrogen-bond acceptors (Lipinski definition) is 2. The van der Waals surface area contributed by atoms with Crippen LogP contribution in [0, 0.1) is 0 Å². The maximum absolute atomic E-state index is 11.8. The Morgan fingerprint density at radius 3 is 2.47 bits per heavy atom. The van der Waals surface area contributed by atoms with Crippen molar-refractivity contribution < 1.29 is 8.42 Å². The molecule has 1 aromatic carbocycles. The summed E-state index contributed by atoms with van der Waals surface area (Å²) >= 11 is 5.47. The van der Waals surface area contributed by atoms with E-state index in [1.807, 2.05) is 6.92 Å². The van der Waals surface area contributed by atoms with Gasteiger partial charge in [-0.25, -0.2) is 8.42 Å². The van der Waals surface area contributed by atoms with Crippen LogP contribution in [0.25, 0.3) is 0 Å². The molecule has 0 aliphatic rings. The van der Waals surface area contributed by atoms with E-state index < -0.39 is 9.84 Å². The topological polar surface area (TPSA) is 34.1 Å². The van der Waals surface area contributed by atoms with Crippen LogP contribution in [0.1, 0.15) is 13.3 Å². The summed E-state index contributed by atoms with van der Waals surface area (Å²) in [6, 6.07) is 8.45. The molecule has 0 saturated carbocycles. The van der Waals surface area contributed by atoms with Gasteiger partial charge in [0.05, 0.1) is 10.6 Å². The first-order valence-corrected chi connectivity index (χ1v) is 6.69. The quantitative estimate of drug-likeness (QED) is 0.816. The summed E-state index contributed by atoms with van der Waals surface area (Å²) in [4.78, 5) is 0.368. The van der Waals surface area contributed by atoms with Crippen molar-refractivity contribution in [3.05, 3.63) is 41.4 Å². The second kappa shape index (κ2) is 5.33. The maximum atomic E-state index is 11.8. The molecule has 0 aliphatic carbocycles. The van der Waals surface area contributed by atoms with E-state index in [9.17, 15) is 8.42 Å². The largest absolute Gasteiger partial charge is 0.224 e. The van der Waals surface area contributed by atoms with Crippen LogP contribution in [0.2, 0.25) is 0 Å². The summed E-state index contributed by atoms with van der Waals surface area (Å²) in [5.74, 6) is 0.103. The monoisotopic (exact) mass is 244 g/mol. The first kappa shape index (κ1) is 12.3. The molecule has 2 nitrogen and oxygen atoms in total. The second-order valence-electron chi connectivity index (χ2n) is 3.34. The summed E-state index contributed by atoms with van der Waals surface area (Å²) in [5, 5.41) is 0. The highest BCUT2D eigenvalue weighted by molar-refractivity contribution is 7.91. The average Bonchev–Trinajstić information content (AvgIpc) is 2.27. The summed E-state index contributed by atoms with van der Waals surface area (Å²) in [7, 11) is -3.16. The molecule has 4 heteroatoms. The second-order valence-corrected chi connectivity index (χ2v) is 5.66. The number of halogens is 1. The van der Waals surface area contributed by atoms with E-state index in [4.69, 9.17) is 11.6 Å². The minimum atomic E-state index is -3.16. The highest BCUT2D eigenvalue weighted by Crippen LogP contribution is 2.13. The minimum Gasteiger partial charge on any atom is -0.224 e. The van der Waals surface area contributed by atoms with Crippen LogP contribution < -0.4 is 0 Å². The van der Waals surface area contributed by atoms with E-state index in [1.54, 1.807) is 30.3 Å². The molecular weight excluding hydrogens is 232 g/mol. The Labute approximate surface area is 95.5 Å². The van der Waals surface area contributed by atoms with Gasteiger partial charge in [0.25, 0.3) is 0 Å². The van der Waals surface area contributed by atoms with Crippen molar-refractivity contribution in [3.63, 3.8) is 0 Å². The van der Waals surface area contributed by atoms with E-state index in [-0.39, 0.29) is 5.75 Å². The molecule has 15 heavy (non-hydrogen) atoms. The number of hydrogen-bond donors (Lipinski definition) is 0. The number of rotatable bonds is 4. The first-order chi connectivity index (χ1) is 7.06. The minimum absolute atomic E-state index is 0.103. The third-order valence-corrected chi connectivity index (χ3v) is 4.16. The van der Waals surface area contributed by atoms with Crippen molar-refractivity contribution in [2.24, 2.45) is 0 Å². The van der Waals surface area contributed by atoms with Gasteiger partial charge in [-0.3, -0.25) is 0 Å². The molecule has 0 fully saturated rings. The van der Waals surface area contributed by atoms with E-state index in [0.29, 0.717) is 11.3 Å². The molecule has 1 aromatic rings. The van der Waals surface area contributed by atoms with Crippen LogP contribution in [0.15, 0.2) is 46.3 Å². The lowest BCUT2D eigenvalue weighted by molar-refractivity contribution is 0.595. The predicted molar refractivity (Wildman–Crippen MR) is 62.7 cm³/mol. The molecule has 0 aromatic heterocycles. The van der Waals surface area contributed by atoms with Gasteiger partial charge < -0.3 is 0 Å². The van der Waals surface area contributed by atoms with Gasteiger partial charge in [0, 0.05) is 5.54 Å². The highest BCUT2D eigenvalue weighted by atomic mass is 35.5. The van der Waals surface area contributed by atoms with Crippen molar-refractivity contribution >= 4 is 21.4 Å². The van der Waals surface area contributed by atoms with Crippen LogP contribution in [0.3, 0.4) is 0 Å². The molecule has 0 radical (unpaired) electrons. The van der Waals surface area contributed by atoms with Crippen molar-refractivity contribution in [2.45, 2.75) is 18.2 Å². The fourth-order valence-electron chi connectivity index (χ4n) is 1.10. The molecule has 0 aliphatic heterocycles. The van der Waals surface area contributed by atoms with Crippen molar-refractivity contribution in [1.29, 1.82) is 0 Å². The Balaban J connectivity index is 2.78. The third kappa shape index (κ3) is 3.68. The Morgan fingerprint density at radius 2 is 1.93 bits per heavy atom. The standard InChI is InChI=1S/C11H13ClO2S/c1-10(9-12)7-8-15(13,14)11-5-3-2-4-6-11/h2-6,9H,7-8H2,1H3/b10-9+. The average molecular weight is 245 g/mol. The summed E-state index contributed by atoms with van der Waals surface area (Å²) < 4.78 is 23.6. The molecule has 0 atom stereocenters. The van der Waals surface area contributed by atoms with Crippen LogP contribution in [-0.4, -0.2) is 14.2 Å². The molecule has 0 bridgehead atoms. The molecule has 1 rings (SSSR count). The van der Waals surface area contributed by atoms with E-state index in [1.165, 1.54) is 5.54 Å². The van der Waals surface area contributed by atoms with Gasteiger partial charge in [0.15, 0.2) is 9.84 Å². The third-order valence-electron chi connectivity index (χ3n) is 2.05. The molecule has 0 amide bonds. The predicted octanol–water partition coefficient (Wildman–Crippen LogP) is 2.99. The SMILES string of the molecule is C/C(=C\Cl)CCS(=O)(=O)c1ccccc1. The van der Waals surface area contributed by atoms with Gasteiger partial charge in [-0.2, -0.15) is 0 Å². The molecule has 0 saturated heterocycles. The molecule has 0 spiro atoms. The summed E-state index contributed by atoms with van der Waals surface area (Å²) in [6.07, 6.45) is 0.473. The Bertz CT molecular complexity index is 435. The Morgan fingerprint density at radius 1 is 1.33 bits per heavy atom. The Hall–Kier alpha value is -0.800. The smallest absolute Gasteiger partial charge is 0.178 e. The summed E-state index contributed by atoms with van der Waals surface area (Å²) in [5.41, 5.74) is 2.29. The Kier molecular flexibility index (Phi) is 4.36. The van der Waals surface area contributed by atoms with Crippen molar-refractivity contribution in [2.75, 3.05) is 5.75 Å². The molecular formula is C11H13ClO2S. The maximum Gasteiger partial charge on any atom is 0.178 e. The highest BCUT2D eigenvalue weighted by Gasteiger charge is 2.13. The fourth-order valence-corrected chi connectivity index (χ4v) is 2.60. The van der Waals surface area contributed by atoms with Gasteiger partial charge in [-0.15, -0.1) is 0 Å². The van der Waals surface area contributed by atoms with Gasteiger partial charge in [0.1, 0.15) is 0 Å². The molecule has 82 valence electrons. The van der Waals surface area contributed by atoms with Crippen LogP contribution in [0.5, 0.6) is 0 Å². The van der Waals surface area contributed by atoms with Crippen LogP contribution in [0.4, 0.5) is 0 Å². The van der Waals surface area contributed by atoms with Crippen LogP contribution in [-0.2, 0) is 9.84 Å². The van der Waals surface area contributed by atoms with Gasteiger partial charge >= 0.3 is 0 Å². The molecule has 0 heterocycles. The normalized spacial score (nSPS) is 12.8. The lowest BCUT2D eigenvalue weighted by Crippen LogP contribution is -2.06. The van der Waals surface area contributed by atoms with Gasteiger partial charge in [-0.05, 0) is 25.5 Å². The van der Waals surface area contributed by atoms with Gasteiger partial charge in [0.2, 0.25) is 0 Å². The molecule has 0 N–H and O–H groups in total. The zero-order valence-electron chi connectivity index (χ0n) is 8.48. The van der Waals surface area contributed by atoms with Gasteiger partial charge in [-0.1, -0.05) is 35.4 Å². The van der Waals surface area contributed by atoms with E-state index in [0.717, 1.165) is 5.57 Å². The fraction of sp³-hybridized carbons (Fsp3) is 0.273. The van der Waals surface area contributed by atoms with E-state index in [2.05, 4.69) is 0 Å². The number of sulfone groups is 1. The molecule has 0 unspecified atom stereocenters.